The summed E-state index contributed by atoms with van der Waals surface area (Å²) in [5, 5.41) is 0. The SMILES string of the molecule is CC(C)CCCOC(=O)c1ccccc1-c1ccccc1C(=O)OCCCC(C)C. The largest absolute Gasteiger partial charge is 0.462 e. The molecule has 0 spiro atoms. The molecular formula is C26H34O4. The number of esters is 2. The summed E-state index contributed by atoms with van der Waals surface area (Å²) >= 11 is 0. The maximum atomic E-state index is 12.7. The first-order chi connectivity index (χ1) is 14.4. The van der Waals surface area contributed by atoms with E-state index in [-0.39, 0.29) is 11.9 Å². The lowest BCUT2D eigenvalue weighted by atomic mass is 9.95. The van der Waals surface area contributed by atoms with E-state index in [9.17, 15) is 9.59 Å². The molecule has 0 radical (unpaired) electrons. The molecule has 0 N–H and O–H groups in total. The summed E-state index contributed by atoms with van der Waals surface area (Å²) in [4.78, 5) is 25.4. The molecule has 0 bridgehead atoms. The van der Waals surface area contributed by atoms with Crippen molar-refractivity contribution in [1.29, 1.82) is 0 Å². The smallest absolute Gasteiger partial charge is 0.338 e. The van der Waals surface area contributed by atoms with Crippen molar-refractivity contribution in [3.8, 4) is 11.1 Å². The van der Waals surface area contributed by atoms with E-state index in [0.29, 0.717) is 47.3 Å². The minimum absolute atomic E-state index is 0.366. The standard InChI is InChI=1S/C26H34O4/c1-19(2)11-9-17-29-25(27)23-15-7-5-13-21(23)22-14-6-8-16-24(22)26(28)30-18-10-12-20(3)4/h5-8,13-16,19-20H,9-12,17-18H2,1-4H3. The number of benzene rings is 2. The second-order valence-electron chi connectivity index (χ2n) is 8.44. The molecule has 30 heavy (non-hydrogen) atoms. The first-order valence-corrected chi connectivity index (χ1v) is 10.9. The molecule has 2 aromatic rings. The molecule has 0 saturated carbocycles. The monoisotopic (exact) mass is 410 g/mol. The number of rotatable bonds is 11. The van der Waals surface area contributed by atoms with Gasteiger partial charge in [-0.05, 0) is 60.8 Å². The molecule has 0 aliphatic carbocycles. The number of carbonyl (C=O) groups excluding carboxylic acids is 2. The fourth-order valence-corrected chi connectivity index (χ4v) is 3.26. The van der Waals surface area contributed by atoms with Gasteiger partial charge in [-0.15, -0.1) is 0 Å². The van der Waals surface area contributed by atoms with E-state index in [1.54, 1.807) is 24.3 Å². The van der Waals surface area contributed by atoms with Crippen LogP contribution in [0.4, 0.5) is 0 Å². The van der Waals surface area contributed by atoms with Crippen LogP contribution in [-0.4, -0.2) is 25.2 Å². The fraction of sp³-hybridized carbons (Fsp3) is 0.462. The topological polar surface area (TPSA) is 52.6 Å². The molecule has 0 unspecified atom stereocenters. The van der Waals surface area contributed by atoms with Crippen molar-refractivity contribution in [2.24, 2.45) is 11.8 Å². The average molecular weight is 411 g/mol. The normalized spacial score (nSPS) is 11.0. The summed E-state index contributed by atoms with van der Waals surface area (Å²) in [5.74, 6) is 0.424. The minimum atomic E-state index is -0.366. The molecule has 0 aromatic heterocycles. The Kier molecular flexibility index (Phi) is 9.59. The highest BCUT2D eigenvalue weighted by Gasteiger charge is 2.19. The van der Waals surface area contributed by atoms with Crippen molar-refractivity contribution in [1.82, 2.24) is 0 Å². The third kappa shape index (κ3) is 7.33. The van der Waals surface area contributed by atoms with Gasteiger partial charge >= 0.3 is 11.9 Å². The van der Waals surface area contributed by atoms with Gasteiger partial charge in [0, 0.05) is 0 Å². The highest BCUT2D eigenvalue weighted by molar-refractivity contribution is 6.03. The molecule has 2 rings (SSSR count). The van der Waals surface area contributed by atoms with Crippen molar-refractivity contribution < 1.29 is 19.1 Å². The van der Waals surface area contributed by atoms with Gasteiger partial charge in [0.1, 0.15) is 0 Å². The molecule has 0 aliphatic heterocycles. The van der Waals surface area contributed by atoms with Crippen LogP contribution in [0.2, 0.25) is 0 Å². The Morgan fingerprint density at radius 1 is 0.667 bits per heavy atom. The van der Waals surface area contributed by atoms with Crippen molar-refractivity contribution in [3.05, 3.63) is 59.7 Å². The highest BCUT2D eigenvalue weighted by Crippen LogP contribution is 2.28. The van der Waals surface area contributed by atoms with Crippen LogP contribution in [0.5, 0.6) is 0 Å². The summed E-state index contributed by atoms with van der Waals surface area (Å²) in [5.41, 5.74) is 2.28. The zero-order chi connectivity index (χ0) is 21.9. The van der Waals surface area contributed by atoms with Crippen LogP contribution in [0.1, 0.15) is 74.1 Å². The molecule has 0 amide bonds. The summed E-state index contributed by atoms with van der Waals surface area (Å²) < 4.78 is 11.0. The Bertz CT molecular complexity index is 754. The van der Waals surface area contributed by atoms with Crippen LogP contribution in [0.25, 0.3) is 11.1 Å². The van der Waals surface area contributed by atoms with Crippen LogP contribution in [0.3, 0.4) is 0 Å². The van der Waals surface area contributed by atoms with Crippen molar-refractivity contribution in [2.75, 3.05) is 13.2 Å². The molecule has 0 saturated heterocycles. The minimum Gasteiger partial charge on any atom is -0.462 e. The zero-order valence-corrected chi connectivity index (χ0v) is 18.6. The van der Waals surface area contributed by atoms with Gasteiger partial charge in [-0.1, -0.05) is 64.1 Å². The van der Waals surface area contributed by atoms with E-state index >= 15 is 0 Å². The maximum Gasteiger partial charge on any atom is 0.338 e. The molecular weight excluding hydrogens is 376 g/mol. The van der Waals surface area contributed by atoms with Gasteiger partial charge in [-0.2, -0.15) is 0 Å². The fourth-order valence-electron chi connectivity index (χ4n) is 3.26. The predicted octanol–water partition coefficient (Wildman–Crippen LogP) is 6.54. The Morgan fingerprint density at radius 2 is 1.03 bits per heavy atom. The number of ether oxygens (including phenoxy) is 2. The van der Waals surface area contributed by atoms with E-state index in [0.717, 1.165) is 25.7 Å². The zero-order valence-electron chi connectivity index (χ0n) is 18.6. The van der Waals surface area contributed by atoms with E-state index in [1.807, 2.05) is 24.3 Å². The molecule has 0 atom stereocenters. The summed E-state index contributed by atoms with van der Waals surface area (Å²) in [6.45, 7) is 9.38. The molecule has 0 fully saturated rings. The first kappa shape index (κ1) is 23.7. The van der Waals surface area contributed by atoms with Crippen LogP contribution < -0.4 is 0 Å². The lowest BCUT2D eigenvalue weighted by Gasteiger charge is -2.14. The van der Waals surface area contributed by atoms with Gasteiger partial charge in [-0.3, -0.25) is 0 Å². The summed E-state index contributed by atoms with van der Waals surface area (Å²) in [6, 6.07) is 14.5. The maximum absolute atomic E-state index is 12.7. The molecule has 4 heteroatoms. The van der Waals surface area contributed by atoms with Gasteiger partial charge in [0.2, 0.25) is 0 Å². The van der Waals surface area contributed by atoms with Gasteiger partial charge in [-0.25, -0.2) is 9.59 Å². The Balaban J connectivity index is 2.16. The molecule has 0 heterocycles. The van der Waals surface area contributed by atoms with Gasteiger partial charge in [0.15, 0.2) is 0 Å². The van der Waals surface area contributed by atoms with Crippen LogP contribution in [0, 0.1) is 11.8 Å². The van der Waals surface area contributed by atoms with E-state index < -0.39 is 0 Å². The van der Waals surface area contributed by atoms with Gasteiger partial charge in [0.05, 0.1) is 24.3 Å². The lowest BCUT2D eigenvalue weighted by molar-refractivity contribution is 0.0484. The van der Waals surface area contributed by atoms with E-state index in [1.165, 1.54) is 0 Å². The third-order valence-electron chi connectivity index (χ3n) is 4.90. The first-order valence-electron chi connectivity index (χ1n) is 10.9. The second-order valence-corrected chi connectivity index (χ2v) is 8.44. The van der Waals surface area contributed by atoms with Gasteiger partial charge in [0.25, 0.3) is 0 Å². The third-order valence-corrected chi connectivity index (χ3v) is 4.90. The van der Waals surface area contributed by atoms with Gasteiger partial charge < -0.3 is 9.47 Å². The second kappa shape index (κ2) is 12.2. The molecule has 0 aliphatic rings. The highest BCUT2D eigenvalue weighted by atomic mass is 16.5. The Hall–Kier alpha value is -2.62. The Morgan fingerprint density at radius 3 is 1.40 bits per heavy atom. The van der Waals surface area contributed by atoms with Crippen molar-refractivity contribution >= 4 is 11.9 Å². The van der Waals surface area contributed by atoms with Crippen molar-refractivity contribution in [3.63, 3.8) is 0 Å². The van der Waals surface area contributed by atoms with Crippen molar-refractivity contribution in [2.45, 2.75) is 53.4 Å². The van der Waals surface area contributed by atoms with E-state index in [4.69, 9.17) is 9.47 Å². The number of hydrogen-bond donors (Lipinski definition) is 0. The van der Waals surface area contributed by atoms with Crippen LogP contribution >= 0.6 is 0 Å². The molecule has 2 aromatic carbocycles. The lowest BCUT2D eigenvalue weighted by Crippen LogP contribution is -2.11. The number of hydrogen-bond acceptors (Lipinski definition) is 4. The molecule has 162 valence electrons. The quantitative estimate of drug-likeness (QED) is 0.312. The summed E-state index contributed by atoms with van der Waals surface area (Å²) in [7, 11) is 0. The molecule has 4 nitrogen and oxygen atoms in total. The predicted molar refractivity (Wildman–Crippen MR) is 121 cm³/mol. The van der Waals surface area contributed by atoms with Crippen LogP contribution in [0.15, 0.2) is 48.5 Å². The van der Waals surface area contributed by atoms with Crippen LogP contribution in [-0.2, 0) is 9.47 Å². The van der Waals surface area contributed by atoms with E-state index in [2.05, 4.69) is 27.7 Å². The Labute approximate surface area is 180 Å². The average Bonchev–Trinajstić information content (AvgIpc) is 2.73. The summed E-state index contributed by atoms with van der Waals surface area (Å²) in [6.07, 6.45) is 3.70. The number of carbonyl (C=O) groups is 2.